The molecule has 0 atom stereocenters. The second-order valence-electron chi connectivity index (χ2n) is 7.08. The van der Waals surface area contributed by atoms with Crippen molar-refractivity contribution in [3.63, 3.8) is 0 Å². The number of nitrogen functional groups attached to an aromatic ring is 1. The van der Waals surface area contributed by atoms with Gasteiger partial charge in [0, 0.05) is 28.3 Å². The van der Waals surface area contributed by atoms with Gasteiger partial charge in [-0.1, -0.05) is 28.1 Å². The van der Waals surface area contributed by atoms with Gasteiger partial charge >= 0.3 is 0 Å². The van der Waals surface area contributed by atoms with Gasteiger partial charge in [-0.2, -0.15) is 0 Å². The highest BCUT2D eigenvalue weighted by molar-refractivity contribution is 9.10. The molecule has 6 nitrogen and oxygen atoms in total. The van der Waals surface area contributed by atoms with E-state index >= 15 is 0 Å². The fourth-order valence-corrected chi connectivity index (χ4v) is 4.09. The normalized spacial score (nSPS) is 14.5. The van der Waals surface area contributed by atoms with Crippen molar-refractivity contribution in [2.75, 3.05) is 5.84 Å². The zero-order chi connectivity index (χ0) is 19.3. The number of aromatic nitrogens is 4. The van der Waals surface area contributed by atoms with E-state index in [9.17, 15) is 5.11 Å². The lowest BCUT2D eigenvalue weighted by molar-refractivity contribution is 0.117. The fraction of sp³-hybridized carbons (Fsp3) is 0.190. The Kier molecular flexibility index (Phi) is 3.96. The van der Waals surface area contributed by atoms with Crippen LogP contribution in [-0.2, 0) is 5.60 Å². The Morgan fingerprint density at radius 2 is 1.68 bits per heavy atom. The van der Waals surface area contributed by atoms with Crippen LogP contribution in [0.2, 0.25) is 0 Å². The highest BCUT2D eigenvalue weighted by atomic mass is 79.9. The lowest BCUT2D eigenvalue weighted by Gasteiger charge is -2.28. The lowest BCUT2D eigenvalue weighted by atomic mass is 9.85. The van der Waals surface area contributed by atoms with Crippen molar-refractivity contribution in [3.05, 3.63) is 88.2 Å². The molecule has 1 aromatic carbocycles. The van der Waals surface area contributed by atoms with E-state index in [4.69, 9.17) is 10.8 Å². The number of nitrogens with zero attached hydrogens (tertiary/aromatic N) is 4. The summed E-state index contributed by atoms with van der Waals surface area (Å²) in [5.74, 6) is 7.58. The van der Waals surface area contributed by atoms with Gasteiger partial charge in [0.1, 0.15) is 5.82 Å². The Balaban J connectivity index is 1.85. The molecule has 0 aliphatic heterocycles. The number of halogens is 1. The summed E-state index contributed by atoms with van der Waals surface area (Å²) in [5, 5.41) is 12.1. The second kappa shape index (κ2) is 6.39. The molecule has 1 aliphatic carbocycles. The summed E-state index contributed by atoms with van der Waals surface area (Å²) in [5.41, 5.74) is 1.41. The average Bonchev–Trinajstić information content (AvgIpc) is 3.53. The summed E-state index contributed by atoms with van der Waals surface area (Å²) >= 11 is 3.57. The first-order valence-electron chi connectivity index (χ1n) is 9.12. The van der Waals surface area contributed by atoms with Crippen molar-refractivity contribution in [1.82, 2.24) is 19.6 Å². The quantitative estimate of drug-likeness (QED) is 0.479. The standard InChI is InChI=1S/C21H18BrN5O/c22-14-11-15(19-16(12-14)27(23)20(26-19)13-7-8-13)21(28,17-5-1-3-9-24-17)18-6-2-4-10-25-18/h1-6,9-13,28H,7-8,23H2. The molecule has 0 spiro atoms. The Morgan fingerprint density at radius 3 is 2.21 bits per heavy atom. The van der Waals surface area contributed by atoms with Gasteiger partial charge in [0.2, 0.25) is 0 Å². The van der Waals surface area contributed by atoms with Crippen LogP contribution in [0.3, 0.4) is 0 Å². The van der Waals surface area contributed by atoms with Gasteiger partial charge in [-0.15, -0.1) is 0 Å². The molecule has 1 fully saturated rings. The largest absolute Gasteiger partial charge is 0.373 e. The summed E-state index contributed by atoms with van der Waals surface area (Å²) in [6, 6.07) is 14.7. The van der Waals surface area contributed by atoms with E-state index in [0.717, 1.165) is 28.7 Å². The van der Waals surface area contributed by atoms with E-state index in [1.165, 1.54) is 0 Å². The first-order valence-corrected chi connectivity index (χ1v) is 9.91. The van der Waals surface area contributed by atoms with Crippen LogP contribution < -0.4 is 5.84 Å². The first kappa shape index (κ1) is 17.3. The third-order valence-corrected chi connectivity index (χ3v) is 5.65. The second-order valence-corrected chi connectivity index (χ2v) is 7.99. The van der Waals surface area contributed by atoms with Crippen LogP contribution in [-0.4, -0.2) is 24.7 Å². The van der Waals surface area contributed by atoms with E-state index in [-0.39, 0.29) is 0 Å². The number of benzene rings is 1. The topological polar surface area (TPSA) is 89.9 Å². The van der Waals surface area contributed by atoms with Gasteiger partial charge in [-0.05, 0) is 49.2 Å². The molecule has 0 saturated heterocycles. The van der Waals surface area contributed by atoms with Crippen LogP contribution in [0, 0.1) is 0 Å². The van der Waals surface area contributed by atoms with Crippen molar-refractivity contribution in [2.45, 2.75) is 24.4 Å². The first-order chi connectivity index (χ1) is 13.6. The number of pyridine rings is 2. The number of nitrogens with two attached hydrogens (primary N) is 1. The van der Waals surface area contributed by atoms with Crippen LogP contribution in [0.15, 0.2) is 65.4 Å². The zero-order valence-corrected chi connectivity index (χ0v) is 16.5. The molecule has 0 amide bonds. The predicted molar refractivity (Wildman–Crippen MR) is 110 cm³/mol. The van der Waals surface area contributed by atoms with E-state index in [1.54, 1.807) is 29.2 Å². The minimum atomic E-state index is -1.57. The fourth-order valence-electron chi connectivity index (χ4n) is 3.64. The minimum Gasteiger partial charge on any atom is -0.373 e. The third kappa shape index (κ3) is 2.62. The molecule has 1 saturated carbocycles. The Hall–Kier alpha value is -2.77. The molecule has 0 unspecified atom stereocenters. The smallest absolute Gasteiger partial charge is 0.176 e. The molecule has 0 radical (unpaired) electrons. The molecule has 4 aromatic rings. The number of hydrogen-bond donors (Lipinski definition) is 2. The van der Waals surface area contributed by atoms with Crippen LogP contribution in [0.4, 0.5) is 0 Å². The molecule has 3 heterocycles. The van der Waals surface area contributed by atoms with E-state index in [1.807, 2.05) is 36.4 Å². The number of aliphatic hydroxyl groups is 1. The molecule has 7 heteroatoms. The summed E-state index contributed by atoms with van der Waals surface area (Å²) in [6.45, 7) is 0. The summed E-state index contributed by atoms with van der Waals surface area (Å²) in [6.07, 6.45) is 5.49. The molecule has 0 bridgehead atoms. The maximum atomic E-state index is 12.1. The molecule has 1 aliphatic rings. The zero-order valence-electron chi connectivity index (χ0n) is 15.0. The van der Waals surface area contributed by atoms with Gasteiger partial charge in [-0.25, -0.2) is 9.66 Å². The molecular formula is C21H18BrN5O. The molecule has 3 aromatic heterocycles. The van der Waals surface area contributed by atoms with Gasteiger partial charge in [0.25, 0.3) is 0 Å². The van der Waals surface area contributed by atoms with Gasteiger partial charge in [0.05, 0.1) is 22.4 Å². The monoisotopic (exact) mass is 435 g/mol. The van der Waals surface area contributed by atoms with Crippen molar-refractivity contribution in [3.8, 4) is 0 Å². The summed E-state index contributed by atoms with van der Waals surface area (Å²) < 4.78 is 2.44. The summed E-state index contributed by atoms with van der Waals surface area (Å²) in [7, 11) is 0. The maximum absolute atomic E-state index is 12.1. The number of rotatable bonds is 4. The Bertz CT molecular complexity index is 1120. The third-order valence-electron chi connectivity index (χ3n) is 5.19. The van der Waals surface area contributed by atoms with E-state index in [0.29, 0.717) is 28.4 Å². The molecule has 5 rings (SSSR count). The van der Waals surface area contributed by atoms with Gasteiger partial charge < -0.3 is 10.9 Å². The molecule has 28 heavy (non-hydrogen) atoms. The van der Waals surface area contributed by atoms with Crippen LogP contribution in [0.5, 0.6) is 0 Å². The molecule has 3 N–H and O–H groups in total. The SMILES string of the molecule is Nn1c(C2CC2)nc2c(C(O)(c3ccccn3)c3ccccn3)cc(Br)cc21. The number of hydrogen-bond acceptors (Lipinski definition) is 5. The number of fused-ring (bicyclic) bond motifs is 1. The Labute approximate surface area is 170 Å². The van der Waals surface area contributed by atoms with Crippen LogP contribution >= 0.6 is 15.9 Å². The lowest BCUT2D eigenvalue weighted by Crippen LogP contribution is -2.31. The van der Waals surface area contributed by atoms with Crippen molar-refractivity contribution >= 4 is 27.0 Å². The van der Waals surface area contributed by atoms with Crippen molar-refractivity contribution < 1.29 is 5.11 Å². The maximum Gasteiger partial charge on any atom is 0.176 e. The predicted octanol–water partition coefficient (Wildman–Crippen LogP) is 3.46. The number of imidazole rings is 1. The minimum absolute atomic E-state index is 0.377. The molecule has 140 valence electrons. The highest BCUT2D eigenvalue weighted by Crippen LogP contribution is 2.43. The van der Waals surface area contributed by atoms with Gasteiger partial charge in [0.15, 0.2) is 5.60 Å². The van der Waals surface area contributed by atoms with E-state index in [2.05, 4.69) is 25.9 Å². The average molecular weight is 436 g/mol. The van der Waals surface area contributed by atoms with E-state index < -0.39 is 5.60 Å². The molecular weight excluding hydrogens is 418 g/mol. The van der Waals surface area contributed by atoms with Crippen LogP contribution in [0.25, 0.3) is 11.0 Å². The highest BCUT2D eigenvalue weighted by Gasteiger charge is 2.40. The van der Waals surface area contributed by atoms with Crippen LogP contribution in [0.1, 0.15) is 41.5 Å². The van der Waals surface area contributed by atoms with Crippen molar-refractivity contribution in [1.29, 1.82) is 0 Å². The van der Waals surface area contributed by atoms with Crippen molar-refractivity contribution in [2.24, 2.45) is 0 Å². The summed E-state index contributed by atoms with van der Waals surface area (Å²) in [4.78, 5) is 13.7. The Morgan fingerprint density at radius 1 is 1.04 bits per heavy atom. The van der Waals surface area contributed by atoms with Gasteiger partial charge in [-0.3, -0.25) is 9.97 Å².